The Bertz CT molecular complexity index is 190. The van der Waals surface area contributed by atoms with Crippen LogP contribution in [0.1, 0.15) is 6.42 Å². The van der Waals surface area contributed by atoms with Gasteiger partial charge < -0.3 is 10.5 Å². The molecule has 0 amide bonds. The number of ether oxygens (including phenoxy) is 1. The quantitative estimate of drug-likeness (QED) is 0.628. The Labute approximate surface area is 65.4 Å². The zero-order valence-corrected chi connectivity index (χ0v) is 6.23. The van der Waals surface area contributed by atoms with Crippen molar-refractivity contribution < 1.29 is 4.74 Å². The minimum Gasteiger partial charge on any atom is -0.463 e. The molecule has 0 aliphatic heterocycles. The molecule has 0 spiro atoms. The van der Waals surface area contributed by atoms with Gasteiger partial charge in [-0.2, -0.15) is 0 Å². The average Bonchev–Trinajstić information content (AvgIpc) is 2.07. The van der Waals surface area contributed by atoms with E-state index >= 15 is 0 Å². The number of hydrogen-bond acceptors (Lipinski definition) is 4. The highest BCUT2D eigenvalue weighted by atomic mass is 16.5. The molecule has 11 heavy (non-hydrogen) atoms. The summed E-state index contributed by atoms with van der Waals surface area (Å²) in [5.41, 5.74) is 5.27. The Kier molecular flexibility index (Phi) is 3.34. The zero-order chi connectivity index (χ0) is 7.94. The monoisotopic (exact) mass is 153 g/mol. The van der Waals surface area contributed by atoms with E-state index in [9.17, 15) is 0 Å². The van der Waals surface area contributed by atoms with Crippen molar-refractivity contribution in [1.82, 2.24) is 9.97 Å². The molecule has 60 valence electrons. The van der Waals surface area contributed by atoms with E-state index in [1.165, 1.54) is 0 Å². The van der Waals surface area contributed by atoms with Crippen LogP contribution in [-0.2, 0) is 0 Å². The van der Waals surface area contributed by atoms with Gasteiger partial charge in [0, 0.05) is 12.4 Å². The first-order valence-electron chi connectivity index (χ1n) is 3.53. The molecule has 4 nitrogen and oxygen atoms in total. The zero-order valence-electron chi connectivity index (χ0n) is 6.23. The van der Waals surface area contributed by atoms with E-state index in [1.54, 1.807) is 18.5 Å². The van der Waals surface area contributed by atoms with Crippen molar-refractivity contribution in [3.05, 3.63) is 18.5 Å². The van der Waals surface area contributed by atoms with Crippen molar-refractivity contribution in [2.75, 3.05) is 13.2 Å². The molecule has 0 unspecified atom stereocenters. The van der Waals surface area contributed by atoms with Gasteiger partial charge in [-0.1, -0.05) is 0 Å². The molecule has 1 heterocycles. The molecule has 1 aromatic rings. The number of nitrogens with two attached hydrogens (primary N) is 1. The molecule has 0 saturated heterocycles. The standard InChI is InChI=1S/C7H11N3O/c8-3-1-6-11-7-9-4-2-5-10-7/h2,4-5H,1,3,6,8H2. The first-order valence-corrected chi connectivity index (χ1v) is 3.53. The van der Waals surface area contributed by atoms with Gasteiger partial charge in [-0.3, -0.25) is 0 Å². The van der Waals surface area contributed by atoms with Crippen LogP contribution in [0.2, 0.25) is 0 Å². The average molecular weight is 153 g/mol. The van der Waals surface area contributed by atoms with Crippen molar-refractivity contribution in [3.8, 4) is 6.01 Å². The summed E-state index contributed by atoms with van der Waals surface area (Å²) in [5, 5.41) is 0. The van der Waals surface area contributed by atoms with Crippen LogP contribution < -0.4 is 10.5 Å². The van der Waals surface area contributed by atoms with E-state index in [-0.39, 0.29) is 0 Å². The molecule has 0 atom stereocenters. The third kappa shape index (κ3) is 2.95. The van der Waals surface area contributed by atoms with Gasteiger partial charge in [0.1, 0.15) is 0 Å². The summed E-state index contributed by atoms with van der Waals surface area (Å²) in [6, 6.07) is 2.16. The molecule has 0 aliphatic carbocycles. The van der Waals surface area contributed by atoms with Gasteiger partial charge in [-0.25, -0.2) is 9.97 Å². The number of hydrogen-bond donors (Lipinski definition) is 1. The van der Waals surface area contributed by atoms with Crippen molar-refractivity contribution >= 4 is 0 Å². The van der Waals surface area contributed by atoms with Crippen molar-refractivity contribution in [2.24, 2.45) is 5.73 Å². The van der Waals surface area contributed by atoms with Crippen LogP contribution >= 0.6 is 0 Å². The minimum atomic E-state index is 0.418. The number of rotatable bonds is 4. The highest BCUT2D eigenvalue weighted by Crippen LogP contribution is 1.96. The lowest BCUT2D eigenvalue weighted by Gasteiger charge is -2.00. The summed E-state index contributed by atoms with van der Waals surface area (Å²) < 4.78 is 5.14. The van der Waals surface area contributed by atoms with Crippen molar-refractivity contribution in [3.63, 3.8) is 0 Å². The molecular formula is C7H11N3O. The predicted octanol–water partition coefficient (Wildman–Crippen LogP) is 0.204. The van der Waals surface area contributed by atoms with Gasteiger partial charge in [-0.05, 0) is 19.0 Å². The second-order valence-electron chi connectivity index (χ2n) is 2.02. The Balaban J connectivity index is 2.28. The van der Waals surface area contributed by atoms with Crippen LogP contribution in [-0.4, -0.2) is 23.1 Å². The predicted molar refractivity (Wildman–Crippen MR) is 41.2 cm³/mol. The lowest BCUT2D eigenvalue weighted by atomic mass is 10.5. The fraction of sp³-hybridized carbons (Fsp3) is 0.429. The SMILES string of the molecule is NCCCOc1ncccn1. The molecule has 4 heteroatoms. The molecule has 1 aromatic heterocycles. The summed E-state index contributed by atoms with van der Waals surface area (Å²) in [7, 11) is 0. The van der Waals surface area contributed by atoms with E-state index in [1.807, 2.05) is 0 Å². The van der Waals surface area contributed by atoms with Gasteiger partial charge in [0.15, 0.2) is 0 Å². The first kappa shape index (κ1) is 7.94. The Morgan fingerprint density at radius 1 is 1.36 bits per heavy atom. The highest BCUT2D eigenvalue weighted by Gasteiger charge is 1.91. The van der Waals surface area contributed by atoms with Gasteiger partial charge >= 0.3 is 6.01 Å². The number of nitrogens with zero attached hydrogens (tertiary/aromatic N) is 2. The smallest absolute Gasteiger partial charge is 0.316 e. The second-order valence-corrected chi connectivity index (χ2v) is 2.02. The summed E-state index contributed by atoms with van der Waals surface area (Å²) in [5.74, 6) is 0. The molecular weight excluding hydrogens is 142 g/mol. The minimum absolute atomic E-state index is 0.418. The Hall–Kier alpha value is -1.16. The van der Waals surface area contributed by atoms with Crippen LogP contribution in [0, 0.1) is 0 Å². The molecule has 1 rings (SSSR count). The van der Waals surface area contributed by atoms with Gasteiger partial charge in [-0.15, -0.1) is 0 Å². The molecule has 0 aliphatic rings. The lowest BCUT2D eigenvalue weighted by molar-refractivity contribution is 0.289. The van der Waals surface area contributed by atoms with E-state index in [0.29, 0.717) is 19.2 Å². The molecule has 0 saturated carbocycles. The Morgan fingerprint density at radius 2 is 2.09 bits per heavy atom. The van der Waals surface area contributed by atoms with E-state index < -0.39 is 0 Å². The second kappa shape index (κ2) is 4.62. The summed E-state index contributed by atoms with van der Waals surface area (Å²) >= 11 is 0. The largest absolute Gasteiger partial charge is 0.463 e. The molecule has 0 aromatic carbocycles. The first-order chi connectivity index (χ1) is 5.43. The van der Waals surface area contributed by atoms with Crippen LogP contribution in [0.3, 0.4) is 0 Å². The highest BCUT2D eigenvalue weighted by molar-refractivity contribution is 4.92. The molecule has 0 radical (unpaired) electrons. The summed E-state index contributed by atoms with van der Waals surface area (Å²) in [4.78, 5) is 7.75. The maximum atomic E-state index is 5.27. The fourth-order valence-corrected chi connectivity index (χ4v) is 0.607. The molecule has 2 N–H and O–H groups in total. The summed E-state index contributed by atoms with van der Waals surface area (Å²) in [6.45, 7) is 1.22. The van der Waals surface area contributed by atoms with Gasteiger partial charge in [0.2, 0.25) is 0 Å². The van der Waals surface area contributed by atoms with Crippen LogP contribution in [0.4, 0.5) is 0 Å². The van der Waals surface area contributed by atoms with Crippen molar-refractivity contribution in [1.29, 1.82) is 0 Å². The maximum absolute atomic E-state index is 5.27. The van der Waals surface area contributed by atoms with E-state index in [2.05, 4.69) is 9.97 Å². The fourth-order valence-electron chi connectivity index (χ4n) is 0.607. The third-order valence-electron chi connectivity index (χ3n) is 1.12. The van der Waals surface area contributed by atoms with Gasteiger partial charge in [0.25, 0.3) is 0 Å². The molecule has 0 bridgehead atoms. The third-order valence-corrected chi connectivity index (χ3v) is 1.12. The number of aromatic nitrogens is 2. The van der Waals surface area contributed by atoms with Crippen molar-refractivity contribution in [2.45, 2.75) is 6.42 Å². The van der Waals surface area contributed by atoms with Crippen LogP contribution in [0.15, 0.2) is 18.5 Å². The van der Waals surface area contributed by atoms with Crippen LogP contribution in [0.5, 0.6) is 6.01 Å². The summed E-state index contributed by atoms with van der Waals surface area (Å²) in [6.07, 6.45) is 4.12. The van der Waals surface area contributed by atoms with E-state index in [4.69, 9.17) is 10.5 Å². The van der Waals surface area contributed by atoms with Gasteiger partial charge in [0.05, 0.1) is 6.61 Å². The van der Waals surface area contributed by atoms with Crippen LogP contribution in [0.25, 0.3) is 0 Å². The van der Waals surface area contributed by atoms with E-state index in [0.717, 1.165) is 6.42 Å². The topological polar surface area (TPSA) is 61.0 Å². The Morgan fingerprint density at radius 3 is 2.73 bits per heavy atom. The molecule has 0 fully saturated rings. The normalized spacial score (nSPS) is 9.55. The maximum Gasteiger partial charge on any atom is 0.316 e. The lowest BCUT2D eigenvalue weighted by Crippen LogP contribution is -2.07.